The first kappa shape index (κ1) is 19.6. The zero-order chi connectivity index (χ0) is 20.3. The van der Waals surface area contributed by atoms with Crippen LogP contribution in [0.2, 0.25) is 0 Å². The van der Waals surface area contributed by atoms with Crippen LogP contribution in [0.1, 0.15) is 15.9 Å². The minimum atomic E-state index is -3.49. The van der Waals surface area contributed by atoms with Crippen molar-refractivity contribution in [1.82, 2.24) is 0 Å². The lowest BCUT2D eigenvalue weighted by molar-refractivity contribution is 0.102. The van der Waals surface area contributed by atoms with Gasteiger partial charge in [0.2, 0.25) is 10.0 Å². The molecule has 0 bridgehead atoms. The number of hydrogen-bond donors (Lipinski definition) is 1. The standard InChI is InChI=1S/C22H22N2O3S/c1-16-14-21(24(2)28(3,26)27)20(15-19(16)17-10-6-4-7-11-17)23-22(25)18-12-8-5-9-13-18/h4-15H,1-3H3,(H,23,25). The van der Waals surface area contributed by atoms with E-state index in [2.05, 4.69) is 5.32 Å². The van der Waals surface area contributed by atoms with E-state index in [1.807, 2.05) is 49.4 Å². The van der Waals surface area contributed by atoms with Gasteiger partial charge < -0.3 is 5.32 Å². The predicted octanol–water partition coefficient (Wildman–Crippen LogP) is 4.31. The van der Waals surface area contributed by atoms with Gasteiger partial charge in [0, 0.05) is 12.6 Å². The molecule has 0 aliphatic heterocycles. The maximum absolute atomic E-state index is 12.7. The Morgan fingerprint density at radius 3 is 2.07 bits per heavy atom. The summed E-state index contributed by atoms with van der Waals surface area (Å²) in [5, 5.41) is 2.87. The lowest BCUT2D eigenvalue weighted by Crippen LogP contribution is -2.26. The van der Waals surface area contributed by atoms with Gasteiger partial charge in [-0.2, -0.15) is 0 Å². The third kappa shape index (κ3) is 4.23. The zero-order valence-electron chi connectivity index (χ0n) is 16.0. The number of aryl methyl sites for hydroxylation is 1. The predicted molar refractivity (Wildman–Crippen MR) is 114 cm³/mol. The zero-order valence-corrected chi connectivity index (χ0v) is 16.8. The Kier molecular flexibility index (Phi) is 5.51. The second-order valence-electron chi connectivity index (χ2n) is 6.60. The third-order valence-electron chi connectivity index (χ3n) is 4.55. The normalized spacial score (nSPS) is 11.1. The maximum Gasteiger partial charge on any atom is 0.255 e. The molecule has 3 aromatic carbocycles. The number of rotatable bonds is 5. The Labute approximate surface area is 165 Å². The van der Waals surface area contributed by atoms with Gasteiger partial charge in [-0.25, -0.2) is 8.42 Å². The quantitative estimate of drug-likeness (QED) is 0.701. The molecule has 0 atom stereocenters. The smallest absolute Gasteiger partial charge is 0.255 e. The molecule has 3 aromatic rings. The molecule has 0 radical (unpaired) electrons. The summed E-state index contributed by atoms with van der Waals surface area (Å²) in [5.41, 5.74) is 4.18. The summed E-state index contributed by atoms with van der Waals surface area (Å²) in [6.45, 7) is 1.92. The first-order valence-electron chi connectivity index (χ1n) is 8.78. The number of benzene rings is 3. The molecular formula is C22H22N2O3S. The van der Waals surface area contributed by atoms with Crippen LogP contribution >= 0.6 is 0 Å². The first-order valence-corrected chi connectivity index (χ1v) is 10.6. The molecule has 0 saturated carbocycles. The van der Waals surface area contributed by atoms with Crippen LogP contribution in [0, 0.1) is 6.92 Å². The number of carbonyl (C=O) groups is 1. The first-order chi connectivity index (χ1) is 13.3. The SMILES string of the molecule is Cc1cc(N(C)S(C)(=O)=O)c(NC(=O)c2ccccc2)cc1-c1ccccc1. The molecule has 0 aliphatic rings. The summed E-state index contributed by atoms with van der Waals surface area (Å²) in [4.78, 5) is 12.7. The third-order valence-corrected chi connectivity index (χ3v) is 5.74. The molecule has 6 heteroatoms. The second kappa shape index (κ2) is 7.86. The molecule has 0 aliphatic carbocycles. The molecule has 0 unspecified atom stereocenters. The summed E-state index contributed by atoms with van der Waals surface area (Å²) in [6, 6.07) is 22.2. The number of hydrogen-bond acceptors (Lipinski definition) is 3. The Balaban J connectivity index is 2.12. The molecule has 0 fully saturated rings. The summed E-state index contributed by atoms with van der Waals surface area (Å²) in [5.74, 6) is -0.299. The highest BCUT2D eigenvalue weighted by Gasteiger charge is 2.20. The summed E-state index contributed by atoms with van der Waals surface area (Å²) in [6.07, 6.45) is 1.14. The van der Waals surface area contributed by atoms with Crippen LogP contribution in [-0.4, -0.2) is 27.6 Å². The van der Waals surface area contributed by atoms with Gasteiger partial charge in [-0.3, -0.25) is 9.10 Å². The highest BCUT2D eigenvalue weighted by atomic mass is 32.2. The summed E-state index contributed by atoms with van der Waals surface area (Å²) >= 11 is 0. The van der Waals surface area contributed by atoms with Crippen LogP contribution in [0.4, 0.5) is 11.4 Å². The van der Waals surface area contributed by atoms with Gasteiger partial charge in [0.25, 0.3) is 5.91 Å². The van der Waals surface area contributed by atoms with Crippen LogP contribution in [0.15, 0.2) is 72.8 Å². The van der Waals surface area contributed by atoms with E-state index >= 15 is 0 Å². The topological polar surface area (TPSA) is 66.5 Å². The average Bonchev–Trinajstić information content (AvgIpc) is 2.69. The maximum atomic E-state index is 12.7. The molecule has 3 rings (SSSR count). The fraction of sp³-hybridized carbons (Fsp3) is 0.136. The minimum Gasteiger partial charge on any atom is -0.320 e. The van der Waals surface area contributed by atoms with Crippen molar-refractivity contribution in [3.8, 4) is 11.1 Å². The Morgan fingerprint density at radius 1 is 0.929 bits per heavy atom. The number of carbonyl (C=O) groups excluding carboxylic acids is 1. The number of nitrogens with zero attached hydrogens (tertiary/aromatic N) is 1. The molecule has 1 N–H and O–H groups in total. The van der Waals surface area contributed by atoms with Gasteiger partial charge >= 0.3 is 0 Å². The molecule has 144 valence electrons. The number of amides is 1. The highest BCUT2D eigenvalue weighted by molar-refractivity contribution is 7.92. The number of nitrogens with one attached hydrogen (secondary N) is 1. The molecular weight excluding hydrogens is 372 g/mol. The van der Waals surface area contributed by atoms with Gasteiger partial charge in [0.05, 0.1) is 17.6 Å². The van der Waals surface area contributed by atoms with E-state index in [4.69, 9.17) is 0 Å². The van der Waals surface area contributed by atoms with Crippen LogP contribution in [-0.2, 0) is 10.0 Å². The van der Waals surface area contributed by atoms with Gasteiger partial charge in [-0.05, 0) is 47.9 Å². The van der Waals surface area contributed by atoms with Crippen LogP contribution in [0.5, 0.6) is 0 Å². The fourth-order valence-corrected chi connectivity index (χ4v) is 3.45. The summed E-state index contributed by atoms with van der Waals surface area (Å²) < 4.78 is 25.4. The Hall–Kier alpha value is -3.12. The molecule has 28 heavy (non-hydrogen) atoms. The minimum absolute atomic E-state index is 0.299. The second-order valence-corrected chi connectivity index (χ2v) is 8.61. The lowest BCUT2D eigenvalue weighted by atomic mass is 9.98. The monoisotopic (exact) mass is 394 g/mol. The van der Waals surface area contributed by atoms with E-state index in [-0.39, 0.29) is 5.91 Å². The van der Waals surface area contributed by atoms with E-state index < -0.39 is 10.0 Å². The van der Waals surface area contributed by atoms with E-state index in [1.165, 1.54) is 11.4 Å². The number of sulfonamides is 1. The Morgan fingerprint density at radius 2 is 1.50 bits per heavy atom. The van der Waals surface area contributed by atoms with Crippen molar-refractivity contribution in [2.24, 2.45) is 0 Å². The number of anilines is 2. The van der Waals surface area contributed by atoms with E-state index in [9.17, 15) is 13.2 Å². The molecule has 5 nitrogen and oxygen atoms in total. The van der Waals surface area contributed by atoms with Crippen LogP contribution < -0.4 is 9.62 Å². The molecule has 0 heterocycles. The molecule has 0 saturated heterocycles. The van der Waals surface area contributed by atoms with Crippen molar-refractivity contribution in [3.05, 3.63) is 83.9 Å². The summed E-state index contributed by atoms with van der Waals surface area (Å²) in [7, 11) is -2.01. The van der Waals surface area contributed by atoms with Crippen molar-refractivity contribution in [2.75, 3.05) is 22.9 Å². The highest BCUT2D eigenvalue weighted by Crippen LogP contribution is 2.35. The Bertz CT molecular complexity index is 1100. The van der Waals surface area contributed by atoms with Gasteiger partial charge in [0.15, 0.2) is 0 Å². The average molecular weight is 394 g/mol. The van der Waals surface area contributed by atoms with Crippen molar-refractivity contribution >= 4 is 27.3 Å². The van der Waals surface area contributed by atoms with E-state index in [0.29, 0.717) is 16.9 Å². The van der Waals surface area contributed by atoms with Gasteiger partial charge in [0.1, 0.15) is 0 Å². The fourth-order valence-electron chi connectivity index (χ4n) is 2.94. The lowest BCUT2D eigenvalue weighted by Gasteiger charge is -2.23. The van der Waals surface area contributed by atoms with Gasteiger partial charge in [-0.1, -0.05) is 48.5 Å². The van der Waals surface area contributed by atoms with Crippen molar-refractivity contribution < 1.29 is 13.2 Å². The van der Waals surface area contributed by atoms with Gasteiger partial charge in [-0.15, -0.1) is 0 Å². The van der Waals surface area contributed by atoms with Crippen molar-refractivity contribution in [1.29, 1.82) is 0 Å². The largest absolute Gasteiger partial charge is 0.320 e. The van der Waals surface area contributed by atoms with Crippen LogP contribution in [0.3, 0.4) is 0 Å². The van der Waals surface area contributed by atoms with Crippen LogP contribution in [0.25, 0.3) is 11.1 Å². The van der Waals surface area contributed by atoms with Crippen molar-refractivity contribution in [2.45, 2.75) is 6.92 Å². The molecule has 1 amide bonds. The van der Waals surface area contributed by atoms with Crippen molar-refractivity contribution in [3.63, 3.8) is 0 Å². The molecule has 0 aromatic heterocycles. The van der Waals surface area contributed by atoms with E-state index in [1.54, 1.807) is 30.3 Å². The van der Waals surface area contributed by atoms with E-state index in [0.717, 1.165) is 22.9 Å². The molecule has 0 spiro atoms.